The number of rotatable bonds is 2. The van der Waals surface area contributed by atoms with Crippen molar-refractivity contribution in [1.29, 1.82) is 0 Å². The third-order valence-electron chi connectivity index (χ3n) is 3.75. The number of nitrogen functional groups attached to an aromatic ring is 1. The van der Waals surface area contributed by atoms with E-state index >= 15 is 0 Å². The van der Waals surface area contributed by atoms with E-state index in [-0.39, 0.29) is 5.91 Å². The van der Waals surface area contributed by atoms with E-state index in [9.17, 15) is 4.79 Å². The predicted molar refractivity (Wildman–Crippen MR) is 83.0 cm³/mol. The zero-order chi connectivity index (χ0) is 14.8. The Morgan fingerprint density at radius 3 is 2.86 bits per heavy atom. The number of carbonyl (C=O) groups excluding carboxylic acids is 1. The van der Waals surface area contributed by atoms with Crippen molar-refractivity contribution in [1.82, 2.24) is 4.98 Å². The Morgan fingerprint density at radius 2 is 2.14 bits per heavy atom. The average molecular weight is 282 g/mol. The molecule has 0 saturated heterocycles. The highest BCUT2D eigenvalue weighted by Gasteiger charge is 2.26. The second kappa shape index (κ2) is 5.54. The van der Waals surface area contributed by atoms with Crippen molar-refractivity contribution in [2.24, 2.45) is 11.8 Å². The summed E-state index contributed by atoms with van der Waals surface area (Å²) >= 11 is 0. The molecular formula is C16H18N4O. The van der Waals surface area contributed by atoms with E-state index in [2.05, 4.69) is 23.4 Å². The van der Waals surface area contributed by atoms with Crippen molar-refractivity contribution in [2.45, 2.75) is 13.3 Å². The molecule has 0 fully saturated rings. The summed E-state index contributed by atoms with van der Waals surface area (Å²) in [5.74, 6) is 6.26. The molecule has 3 rings (SSSR count). The monoisotopic (exact) mass is 282 g/mol. The molecule has 0 saturated carbocycles. The van der Waals surface area contributed by atoms with Gasteiger partial charge in [0.15, 0.2) is 0 Å². The Morgan fingerprint density at radius 1 is 1.33 bits per heavy atom. The van der Waals surface area contributed by atoms with Gasteiger partial charge in [-0.25, -0.2) is 10.8 Å². The third kappa shape index (κ3) is 2.60. The highest BCUT2D eigenvalue weighted by molar-refractivity contribution is 6.06. The van der Waals surface area contributed by atoms with Crippen molar-refractivity contribution >= 4 is 17.4 Å². The number of pyridine rings is 1. The first kappa shape index (κ1) is 13.6. The first-order chi connectivity index (χ1) is 10.2. The minimum atomic E-state index is -0.0231. The minimum absolute atomic E-state index is 0.0231. The number of nitrogens with two attached hydrogens (primary N) is 1. The number of aromatic nitrogens is 1. The maximum atomic E-state index is 12.7. The molecule has 0 bridgehead atoms. The van der Waals surface area contributed by atoms with E-state index in [0.29, 0.717) is 17.3 Å². The fourth-order valence-electron chi connectivity index (χ4n) is 2.75. The Kier molecular flexibility index (Phi) is 3.58. The van der Waals surface area contributed by atoms with E-state index in [0.717, 1.165) is 18.7 Å². The molecule has 1 unspecified atom stereocenters. The van der Waals surface area contributed by atoms with Crippen molar-refractivity contribution in [2.75, 3.05) is 16.9 Å². The molecule has 1 amide bonds. The van der Waals surface area contributed by atoms with E-state index in [1.54, 1.807) is 18.3 Å². The van der Waals surface area contributed by atoms with Crippen LogP contribution in [0.15, 0.2) is 42.6 Å². The Balaban J connectivity index is 1.93. The van der Waals surface area contributed by atoms with Crippen LogP contribution in [0, 0.1) is 5.92 Å². The normalized spacial score (nSPS) is 17.2. The zero-order valence-electron chi connectivity index (χ0n) is 11.9. The Labute approximate surface area is 123 Å². The number of para-hydroxylation sites is 1. The van der Waals surface area contributed by atoms with Gasteiger partial charge in [0.25, 0.3) is 5.91 Å². The van der Waals surface area contributed by atoms with Crippen LogP contribution >= 0.6 is 0 Å². The SMILES string of the molecule is CC1Cc2ccccc2N(C(=O)c2ccc(NN)nc2)C1. The summed E-state index contributed by atoms with van der Waals surface area (Å²) in [6, 6.07) is 11.5. The number of nitrogens with zero attached hydrogens (tertiary/aromatic N) is 2. The molecule has 0 spiro atoms. The molecule has 1 atom stereocenters. The Bertz CT molecular complexity index is 654. The van der Waals surface area contributed by atoms with Crippen LogP contribution in [-0.2, 0) is 6.42 Å². The molecule has 2 heterocycles. The van der Waals surface area contributed by atoms with Crippen molar-refractivity contribution < 1.29 is 4.79 Å². The second-order valence-corrected chi connectivity index (χ2v) is 5.43. The van der Waals surface area contributed by atoms with E-state index in [1.165, 1.54) is 5.56 Å². The van der Waals surface area contributed by atoms with Gasteiger partial charge >= 0.3 is 0 Å². The van der Waals surface area contributed by atoms with Crippen LogP contribution in [-0.4, -0.2) is 17.4 Å². The van der Waals surface area contributed by atoms with E-state index in [4.69, 9.17) is 5.84 Å². The van der Waals surface area contributed by atoms with Crippen molar-refractivity contribution in [3.05, 3.63) is 53.7 Å². The number of benzene rings is 1. The average Bonchev–Trinajstić information content (AvgIpc) is 2.53. The second-order valence-electron chi connectivity index (χ2n) is 5.43. The lowest BCUT2D eigenvalue weighted by atomic mass is 9.93. The number of carbonyl (C=O) groups is 1. The molecule has 1 aliphatic heterocycles. The Hall–Kier alpha value is -2.40. The van der Waals surface area contributed by atoms with Gasteiger partial charge in [-0.2, -0.15) is 0 Å². The highest BCUT2D eigenvalue weighted by Crippen LogP contribution is 2.30. The molecule has 3 N–H and O–H groups in total. The summed E-state index contributed by atoms with van der Waals surface area (Å²) in [5, 5.41) is 0. The lowest BCUT2D eigenvalue weighted by molar-refractivity contribution is 0.0980. The fourth-order valence-corrected chi connectivity index (χ4v) is 2.75. The first-order valence-corrected chi connectivity index (χ1v) is 7.01. The fraction of sp³-hybridized carbons (Fsp3) is 0.250. The van der Waals surface area contributed by atoms with Crippen LogP contribution in [0.1, 0.15) is 22.8 Å². The van der Waals surface area contributed by atoms with Gasteiger partial charge in [0, 0.05) is 18.4 Å². The van der Waals surface area contributed by atoms with Crippen LogP contribution in [0.5, 0.6) is 0 Å². The standard InChI is InChI=1S/C16H18N4O/c1-11-8-12-4-2-3-5-14(12)20(10-11)16(21)13-6-7-15(19-17)18-9-13/h2-7,9,11H,8,10,17H2,1H3,(H,18,19). The van der Waals surface area contributed by atoms with Crippen LogP contribution in [0.4, 0.5) is 11.5 Å². The topological polar surface area (TPSA) is 71.2 Å². The molecule has 1 aromatic carbocycles. The van der Waals surface area contributed by atoms with Crippen LogP contribution in [0.25, 0.3) is 0 Å². The molecular weight excluding hydrogens is 264 g/mol. The molecule has 21 heavy (non-hydrogen) atoms. The van der Waals surface area contributed by atoms with Crippen LogP contribution in [0.2, 0.25) is 0 Å². The lowest BCUT2D eigenvalue weighted by Crippen LogP contribution is -2.39. The van der Waals surface area contributed by atoms with Gasteiger partial charge in [-0.15, -0.1) is 0 Å². The number of hydrazine groups is 1. The maximum absolute atomic E-state index is 12.7. The van der Waals surface area contributed by atoms with Crippen molar-refractivity contribution in [3.8, 4) is 0 Å². The molecule has 108 valence electrons. The van der Waals surface area contributed by atoms with Gasteiger partial charge in [-0.3, -0.25) is 4.79 Å². The molecule has 1 aromatic heterocycles. The molecule has 5 heteroatoms. The number of hydrogen-bond acceptors (Lipinski definition) is 4. The van der Waals surface area contributed by atoms with Crippen molar-refractivity contribution in [3.63, 3.8) is 0 Å². The van der Waals surface area contributed by atoms with Crippen LogP contribution < -0.4 is 16.2 Å². The number of hydrogen-bond donors (Lipinski definition) is 2. The van der Waals surface area contributed by atoms with E-state index in [1.807, 2.05) is 23.1 Å². The summed E-state index contributed by atoms with van der Waals surface area (Å²) in [7, 11) is 0. The number of nitrogens with one attached hydrogen (secondary N) is 1. The number of anilines is 2. The van der Waals surface area contributed by atoms with Gasteiger partial charge < -0.3 is 10.3 Å². The third-order valence-corrected chi connectivity index (χ3v) is 3.75. The van der Waals surface area contributed by atoms with E-state index < -0.39 is 0 Å². The lowest BCUT2D eigenvalue weighted by Gasteiger charge is -2.33. The number of fused-ring (bicyclic) bond motifs is 1. The number of amides is 1. The summed E-state index contributed by atoms with van der Waals surface area (Å²) in [6.07, 6.45) is 2.56. The predicted octanol–water partition coefficient (Wildman–Crippen LogP) is 2.21. The summed E-state index contributed by atoms with van der Waals surface area (Å²) in [4.78, 5) is 18.7. The highest BCUT2D eigenvalue weighted by atomic mass is 16.2. The largest absolute Gasteiger partial charge is 0.308 e. The minimum Gasteiger partial charge on any atom is -0.308 e. The summed E-state index contributed by atoms with van der Waals surface area (Å²) in [5.41, 5.74) is 5.25. The van der Waals surface area contributed by atoms with Gasteiger partial charge in [0.05, 0.1) is 5.56 Å². The maximum Gasteiger partial charge on any atom is 0.259 e. The van der Waals surface area contributed by atoms with Gasteiger partial charge in [0.2, 0.25) is 0 Å². The zero-order valence-corrected chi connectivity index (χ0v) is 11.9. The molecule has 2 aromatic rings. The van der Waals surface area contributed by atoms with Gasteiger partial charge in [0.1, 0.15) is 5.82 Å². The molecule has 0 aliphatic carbocycles. The smallest absolute Gasteiger partial charge is 0.259 e. The molecule has 0 radical (unpaired) electrons. The molecule has 1 aliphatic rings. The van der Waals surface area contributed by atoms with Gasteiger partial charge in [-0.05, 0) is 36.1 Å². The first-order valence-electron chi connectivity index (χ1n) is 7.01. The van der Waals surface area contributed by atoms with Gasteiger partial charge in [-0.1, -0.05) is 25.1 Å². The quantitative estimate of drug-likeness (QED) is 0.654. The molecule has 5 nitrogen and oxygen atoms in total. The van der Waals surface area contributed by atoms with Crippen LogP contribution in [0.3, 0.4) is 0 Å². The summed E-state index contributed by atoms with van der Waals surface area (Å²) in [6.45, 7) is 2.89. The summed E-state index contributed by atoms with van der Waals surface area (Å²) < 4.78 is 0.